The lowest BCUT2D eigenvalue weighted by Gasteiger charge is -2.14. The Morgan fingerprint density at radius 1 is 1.64 bits per heavy atom. The highest BCUT2D eigenvalue weighted by atomic mass is 32.1. The summed E-state index contributed by atoms with van der Waals surface area (Å²) in [6.45, 7) is 3.90. The summed E-state index contributed by atoms with van der Waals surface area (Å²) < 4.78 is 0. The van der Waals surface area contributed by atoms with E-state index in [4.69, 9.17) is 0 Å². The zero-order valence-electron chi connectivity index (χ0n) is 6.61. The summed E-state index contributed by atoms with van der Waals surface area (Å²) in [4.78, 5) is 3.99. The van der Waals surface area contributed by atoms with Crippen molar-refractivity contribution >= 4 is 16.5 Å². The van der Waals surface area contributed by atoms with Gasteiger partial charge in [0.2, 0.25) is 0 Å². The molecule has 1 aromatic rings. The van der Waals surface area contributed by atoms with Crippen LogP contribution in [0.25, 0.3) is 0 Å². The monoisotopic (exact) mass is 172 g/mol. The van der Waals surface area contributed by atoms with Crippen LogP contribution in [0.2, 0.25) is 0 Å². The maximum absolute atomic E-state index is 9.35. The number of aromatic nitrogens is 1. The molecular weight excluding hydrogens is 160 g/mol. The largest absolute Gasteiger partial charge is 0.373 e. The Bertz CT molecular complexity index is 198. The van der Waals surface area contributed by atoms with Crippen LogP contribution in [-0.4, -0.2) is 16.3 Å². The Balaban J connectivity index is 2.43. The predicted molar refractivity (Wildman–Crippen MR) is 46.6 cm³/mol. The summed E-state index contributed by atoms with van der Waals surface area (Å²) in [6, 6.07) is 0. The highest BCUT2D eigenvalue weighted by Gasteiger charge is 2.08. The Kier molecular flexibility index (Phi) is 2.84. The van der Waals surface area contributed by atoms with Crippen LogP contribution in [-0.2, 0) is 0 Å². The van der Waals surface area contributed by atoms with Crippen molar-refractivity contribution in [2.75, 3.05) is 5.32 Å². The van der Waals surface area contributed by atoms with Crippen molar-refractivity contribution in [2.45, 2.75) is 20.1 Å². The van der Waals surface area contributed by atoms with Crippen LogP contribution in [0.1, 0.15) is 13.8 Å². The van der Waals surface area contributed by atoms with Crippen molar-refractivity contribution in [3.05, 3.63) is 11.6 Å². The second-order valence-electron chi connectivity index (χ2n) is 2.67. The molecule has 62 valence electrons. The van der Waals surface area contributed by atoms with Gasteiger partial charge in [0.1, 0.15) is 6.23 Å². The topological polar surface area (TPSA) is 45.1 Å². The van der Waals surface area contributed by atoms with Crippen molar-refractivity contribution in [3.8, 4) is 0 Å². The molecule has 3 nitrogen and oxygen atoms in total. The van der Waals surface area contributed by atoms with Gasteiger partial charge in [0.15, 0.2) is 5.13 Å². The van der Waals surface area contributed by atoms with Gasteiger partial charge in [-0.3, -0.25) is 0 Å². The lowest BCUT2D eigenvalue weighted by Crippen LogP contribution is -2.24. The first-order valence-electron chi connectivity index (χ1n) is 3.54. The second-order valence-corrected chi connectivity index (χ2v) is 3.57. The van der Waals surface area contributed by atoms with Crippen molar-refractivity contribution in [1.82, 2.24) is 4.98 Å². The van der Waals surface area contributed by atoms with Crippen LogP contribution in [0.3, 0.4) is 0 Å². The molecule has 0 unspecified atom stereocenters. The molecule has 0 saturated carbocycles. The summed E-state index contributed by atoms with van der Waals surface area (Å²) in [5, 5.41) is 14.9. The van der Waals surface area contributed by atoms with E-state index in [2.05, 4.69) is 10.3 Å². The SMILES string of the molecule is CC(C)[C@H](O)Nc1nccs1. The summed E-state index contributed by atoms with van der Waals surface area (Å²) in [7, 11) is 0. The first-order valence-corrected chi connectivity index (χ1v) is 4.42. The zero-order chi connectivity index (χ0) is 8.27. The maximum Gasteiger partial charge on any atom is 0.184 e. The highest BCUT2D eigenvalue weighted by Crippen LogP contribution is 2.13. The number of aliphatic hydroxyl groups is 1. The van der Waals surface area contributed by atoms with Gasteiger partial charge in [-0.1, -0.05) is 13.8 Å². The van der Waals surface area contributed by atoms with E-state index in [1.165, 1.54) is 11.3 Å². The molecule has 0 aromatic carbocycles. The number of rotatable bonds is 3. The third-order valence-electron chi connectivity index (χ3n) is 1.34. The van der Waals surface area contributed by atoms with Gasteiger partial charge < -0.3 is 10.4 Å². The molecule has 0 amide bonds. The van der Waals surface area contributed by atoms with Crippen molar-refractivity contribution in [1.29, 1.82) is 0 Å². The van der Waals surface area contributed by atoms with Crippen molar-refractivity contribution in [2.24, 2.45) is 5.92 Å². The van der Waals surface area contributed by atoms with E-state index in [9.17, 15) is 5.11 Å². The minimum absolute atomic E-state index is 0.207. The van der Waals surface area contributed by atoms with Crippen LogP contribution in [0.5, 0.6) is 0 Å². The van der Waals surface area contributed by atoms with E-state index < -0.39 is 6.23 Å². The molecule has 0 aliphatic carbocycles. The molecule has 0 fully saturated rings. The number of thiazole rings is 1. The summed E-state index contributed by atoms with van der Waals surface area (Å²) in [5.41, 5.74) is 0. The quantitative estimate of drug-likeness (QED) is 0.680. The normalized spacial score (nSPS) is 13.5. The zero-order valence-corrected chi connectivity index (χ0v) is 7.43. The Labute approximate surface area is 70.1 Å². The van der Waals surface area contributed by atoms with Crippen LogP contribution < -0.4 is 5.32 Å². The first-order chi connectivity index (χ1) is 5.20. The summed E-state index contributed by atoms with van der Waals surface area (Å²) in [6.07, 6.45) is 1.21. The fraction of sp³-hybridized carbons (Fsp3) is 0.571. The van der Waals surface area contributed by atoms with Gasteiger partial charge in [-0.15, -0.1) is 11.3 Å². The summed E-state index contributed by atoms with van der Waals surface area (Å²) in [5.74, 6) is 0.207. The lowest BCUT2D eigenvalue weighted by molar-refractivity contribution is 0.153. The molecule has 4 heteroatoms. The molecule has 11 heavy (non-hydrogen) atoms. The molecule has 0 spiro atoms. The minimum atomic E-state index is -0.499. The molecule has 0 radical (unpaired) electrons. The maximum atomic E-state index is 9.35. The van der Waals surface area contributed by atoms with Gasteiger partial charge in [0.25, 0.3) is 0 Å². The minimum Gasteiger partial charge on any atom is -0.373 e. The van der Waals surface area contributed by atoms with Gasteiger partial charge in [-0.2, -0.15) is 0 Å². The smallest absolute Gasteiger partial charge is 0.184 e. The van der Waals surface area contributed by atoms with Crippen LogP contribution in [0.4, 0.5) is 5.13 Å². The van der Waals surface area contributed by atoms with E-state index in [-0.39, 0.29) is 5.92 Å². The molecule has 2 N–H and O–H groups in total. The fourth-order valence-electron chi connectivity index (χ4n) is 0.588. The van der Waals surface area contributed by atoms with Crippen LogP contribution >= 0.6 is 11.3 Å². The fourth-order valence-corrected chi connectivity index (χ4v) is 1.15. The van der Waals surface area contributed by atoms with Gasteiger partial charge in [-0.05, 0) is 5.92 Å². The van der Waals surface area contributed by atoms with E-state index in [1.54, 1.807) is 6.20 Å². The Morgan fingerprint density at radius 2 is 2.36 bits per heavy atom. The number of nitrogens with one attached hydrogen (secondary N) is 1. The molecule has 1 aromatic heterocycles. The molecule has 1 rings (SSSR count). The third-order valence-corrected chi connectivity index (χ3v) is 2.04. The van der Waals surface area contributed by atoms with E-state index in [1.807, 2.05) is 19.2 Å². The molecule has 1 heterocycles. The Morgan fingerprint density at radius 3 is 2.82 bits per heavy atom. The number of hydrogen-bond donors (Lipinski definition) is 2. The van der Waals surface area contributed by atoms with Gasteiger partial charge in [0.05, 0.1) is 0 Å². The standard InChI is InChI=1S/C7H12N2OS/c1-5(2)6(10)9-7-8-3-4-11-7/h3-6,10H,1-2H3,(H,8,9)/t6-/m0/s1. The van der Waals surface area contributed by atoms with Crippen LogP contribution in [0.15, 0.2) is 11.6 Å². The molecule has 0 aliphatic rings. The average Bonchev–Trinajstić information content (AvgIpc) is 2.39. The molecule has 1 atom stereocenters. The number of hydrogen-bond acceptors (Lipinski definition) is 4. The van der Waals surface area contributed by atoms with Crippen molar-refractivity contribution < 1.29 is 5.11 Å². The second kappa shape index (κ2) is 3.69. The van der Waals surface area contributed by atoms with E-state index in [0.29, 0.717) is 0 Å². The molecule has 0 aliphatic heterocycles. The number of aliphatic hydroxyl groups excluding tert-OH is 1. The number of anilines is 1. The number of nitrogens with zero attached hydrogens (tertiary/aromatic N) is 1. The summed E-state index contributed by atoms with van der Waals surface area (Å²) >= 11 is 1.49. The molecule has 0 bridgehead atoms. The highest BCUT2D eigenvalue weighted by molar-refractivity contribution is 7.13. The van der Waals surface area contributed by atoms with E-state index >= 15 is 0 Å². The molecular formula is C7H12N2OS. The van der Waals surface area contributed by atoms with Crippen LogP contribution in [0, 0.1) is 5.92 Å². The van der Waals surface area contributed by atoms with Gasteiger partial charge in [-0.25, -0.2) is 4.98 Å². The average molecular weight is 172 g/mol. The van der Waals surface area contributed by atoms with Crippen molar-refractivity contribution in [3.63, 3.8) is 0 Å². The van der Waals surface area contributed by atoms with E-state index in [0.717, 1.165) is 5.13 Å². The first kappa shape index (κ1) is 8.49. The lowest BCUT2D eigenvalue weighted by atomic mass is 10.2. The van der Waals surface area contributed by atoms with Gasteiger partial charge >= 0.3 is 0 Å². The van der Waals surface area contributed by atoms with Gasteiger partial charge in [0, 0.05) is 11.6 Å². The predicted octanol–water partition coefficient (Wildman–Crippen LogP) is 1.53. The third kappa shape index (κ3) is 2.48. The molecule has 0 saturated heterocycles. The Hall–Kier alpha value is -0.610.